The van der Waals surface area contributed by atoms with Gasteiger partial charge in [-0.3, -0.25) is 9.48 Å². The van der Waals surface area contributed by atoms with Crippen LogP contribution in [0.2, 0.25) is 0 Å². The topological polar surface area (TPSA) is 102 Å². The summed E-state index contributed by atoms with van der Waals surface area (Å²) in [5.74, 6) is -1.24. The van der Waals surface area contributed by atoms with E-state index in [0.717, 1.165) is 12.5 Å². The number of alkyl halides is 3. The maximum absolute atomic E-state index is 14.1. The summed E-state index contributed by atoms with van der Waals surface area (Å²) in [5, 5.41) is 14.4. The molecule has 2 atom stereocenters. The van der Waals surface area contributed by atoms with Crippen molar-refractivity contribution in [2.45, 2.75) is 55.6 Å². The van der Waals surface area contributed by atoms with Crippen molar-refractivity contribution in [3.05, 3.63) is 53.2 Å². The van der Waals surface area contributed by atoms with Crippen LogP contribution in [-0.2, 0) is 27.4 Å². The quantitative estimate of drug-likeness (QED) is 0.451. The third-order valence-corrected chi connectivity index (χ3v) is 9.52. The van der Waals surface area contributed by atoms with E-state index in [-0.39, 0.29) is 46.6 Å². The summed E-state index contributed by atoms with van der Waals surface area (Å²) in [6, 6.07) is 7.74. The number of benzene rings is 2. The third kappa shape index (κ3) is 4.53. The van der Waals surface area contributed by atoms with Crippen molar-refractivity contribution >= 4 is 26.9 Å². The number of methoxy groups -OCH3 is 1. The van der Waals surface area contributed by atoms with Gasteiger partial charge in [0.2, 0.25) is 10.0 Å². The predicted octanol–water partition coefficient (Wildman–Crippen LogP) is 4.84. The molecule has 8 nitrogen and oxygen atoms in total. The van der Waals surface area contributed by atoms with E-state index in [0.29, 0.717) is 24.0 Å². The van der Waals surface area contributed by atoms with Gasteiger partial charge in [0.1, 0.15) is 5.75 Å². The molecule has 0 amide bonds. The maximum atomic E-state index is 14.1. The van der Waals surface area contributed by atoms with Crippen molar-refractivity contribution in [3.63, 3.8) is 0 Å². The molecule has 2 fully saturated rings. The Kier molecular flexibility index (Phi) is 6.67. The van der Waals surface area contributed by atoms with E-state index in [2.05, 4.69) is 5.10 Å². The first-order chi connectivity index (χ1) is 17.9. The van der Waals surface area contributed by atoms with Crippen LogP contribution >= 0.6 is 0 Å². The van der Waals surface area contributed by atoms with Gasteiger partial charge in [0.15, 0.2) is 0 Å². The van der Waals surface area contributed by atoms with Gasteiger partial charge in [-0.25, -0.2) is 8.42 Å². The van der Waals surface area contributed by atoms with Gasteiger partial charge < -0.3 is 9.84 Å². The number of nitrogens with zero attached hydrogens (tertiary/aromatic N) is 3. The molecule has 1 aliphatic heterocycles. The molecule has 2 aliphatic rings. The minimum atomic E-state index is -4.59. The van der Waals surface area contributed by atoms with Gasteiger partial charge in [0, 0.05) is 18.5 Å². The number of halogens is 3. The van der Waals surface area contributed by atoms with Crippen LogP contribution in [0.3, 0.4) is 0 Å². The summed E-state index contributed by atoms with van der Waals surface area (Å²) in [7, 11) is -2.41. The van der Waals surface area contributed by atoms with Crippen molar-refractivity contribution in [2.75, 3.05) is 20.2 Å². The van der Waals surface area contributed by atoms with E-state index in [9.17, 15) is 31.5 Å². The summed E-state index contributed by atoms with van der Waals surface area (Å²) in [6.07, 6.45) is -3.04. The summed E-state index contributed by atoms with van der Waals surface area (Å²) in [5.41, 5.74) is -0.174. The summed E-state index contributed by atoms with van der Waals surface area (Å²) in [6.45, 7) is 1.97. The number of ether oxygens (including phenoxy) is 1. The Bertz CT molecular complexity index is 1480. The van der Waals surface area contributed by atoms with Crippen LogP contribution in [0, 0.1) is 5.92 Å². The molecule has 1 N–H and O–H groups in total. The van der Waals surface area contributed by atoms with Crippen LogP contribution in [0.1, 0.15) is 55.0 Å². The van der Waals surface area contributed by atoms with Crippen molar-refractivity contribution in [3.8, 4) is 5.75 Å². The first-order valence-corrected chi connectivity index (χ1v) is 13.8. The van der Waals surface area contributed by atoms with Crippen LogP contribution in [0.5, 0.6) is 5.75 Å². The number of carbonyl (C=O) groups is 1. The maximum Gasteiger partial charge on any atom is 0.416 e. The fourth-order valence-corrected chi connectivity index (χ4v) is 7.07. The van der Waals surface area contributed by atoms with E-state index in [1.807, 2.05) is 6.92 Å². The monoisotopic (exact) mass is 551 g/mol. The molecule has 38 heavy (non-hydrogen) atoms. The van der Waals surface area contributed by atoms with Crippen LogP contribution in [0.25, 0.3) is 10.9 Å². The highest BCUT2D eigenvalue weighted by molar-refractivity contribution is 7.89. The number of hydrogen-bond acceptors (Lipinski definition) is 5. The average molecular weight is 552 g/mol. The number of carboxylic acid groups (broad SMARTS) is 1. The van der Waals surface area contributed by atoms with E-state index >= 15 is 0 Å². The van der Waals surface area contributed by atoms with E-state index in [1.54, 1.807) is 12.1 Å². The smallest absolute Gasteiger partial charge is 0.416 e. The highest BCUT2D eigenvalue weighted by Crippen LogP contribution is 2.48. The standard InChI is InChI=1S/C26H28F3N3O5S/c1-15-13-31(38(35,36)18-8-6-17(37-2)7-9-18)14-22(15)32-25-19(21(30-32)12-23(33)34)10-11-20(26(27,28)29)24(25)16-4-3-5-16/h6-11,15-16,22H,3-5,12-14H2,1-2H3,(H,33,34)/t15-,22+/m1/s1. The Morgan fingerprint density at radius 1 is 1.13 bits per heavy atom. The highest BCUT2D eigenvalue weighted by atomic mass is 32.2. The summed E-state index contributed by atoms with van der Waals surface area (Å²) in [4.78, 5) is 11.7. The van der Waals surface area contributed by atoms with Crippen LogP contribution < -0.4 is 4.74 Å². The lowest BCUT2D eigenvalue weighted by Gasteiger charge is -2.30. The number of carboxylic acids is 1. The average Bonchev–Trinajstić information content (AvgIpc) is 3.38. The van der Waals surface area contributed by atoms with E-state index in [1.165, 1.54) is 34.3 Å². The molecular formula is C26H28F3N3O5S. The lowest BCUT2D eigenvalue weighted by atomic mass is 9.77. The predicted molar refractivity (Wildman–Crippen MR) is 133 cm³/mol. The lowest BCUT2D eigenvalue weighted by Crippen LogP contribution is -2.29. The molecular weight excluding hydrogens is 523 g/mol. The van der Waals surface area contributed by atoms with Gasteiger partial charge in [0.05, 0.1) is 41.2 Å². The van der Waals surface area contributed by atoms with Crippen LogP contribution in [0.4, 0.5) is 13.2 Å². The first-order valence-electron chi connectivity index (χ1n) is 12.4. The number of sulfonamides is 1. The second-order valence-corrected chi connectivity index (χ2v) is 12.0. The Labute approximate surface area is 218 Å². The zero-order chi connectivity index (χ0) is 27.4. The van der Waals surface area contributed by atoms with Crippen molar-refractivity contribution in [1.29, 1.82) is 0 Å². The van der Waals surface area contributed by atoms with E-state index in [4.69, 9.17) is 4.74 Å². The zero-order valence-corrected chi connectivity index (χ0v) is 21.7. The molecule has 1 aliphatic carbocycles. The van der Waals surface area contributed by atoms with Crippen LogP contribution in [-0.4, -0.2) is 53.8 Å². The SMILES string of the molecule is COc1ccc(S(=O)(=O)N2C[C@@H](C)[C@@H](n3nc(CC(=O)O)c4ccc(C(F)(F)F)c(C5CCC5)c43)C2)cc1. The second-order valence-electron chi connectivity index (χ2n) is 10.1. The molecule has 1 saturated carbocycles. The molecule has 1 aromatic heterocycles. The molecule has 3 aromatic rings. The van der Waals surface area contributed by atoms with Gasteiger partial charge in [0.25, 0.3) is 0 Å². The van der Waals surface area contributed by atoms with Gasteiger partial charge in [-0.15, -0.1) is 0 Å². The number of fused-ring (bicyclic) bond motifs is 1. The lowest BCUT2D eigenvalue weighted by molar-refractivity contribution is -0.138. The Hall–Kier alpha value is -3.12. The molecule has 5 rings (SSSR count). The molecule has 0 radical (unpaired) electrons. The van der Waals surface area contributed by atoms with Crippen molar-refractivity contribution in [1.82, 2.24) is 14.1 Å². The molecule has 204 valence electrons. The van der Waals surface area contributed by atoms with Gasteiger partial charge in [-0.05, 0) is 60.6 Å². The number of rotatable bonds is 7. The number of aromatic nitrogens is 2. The molecule has 1 saturated heterocycles. The molecule has 12 heteroatoms. The number of aliphatic carboxylic acids is 1. The summed E-state index contributed by atoms with van der Waals surface area (Å²) >= 11 is 0. The Balaban J connectivity index is 1.62. The largest absolute Gasteiger partial charge is 0.497 e. The highest BCUT2D eigenvalue weighted by Gasteiger charge is 2.43. The minimum Gasteiger partial charge on any atom is -0.497 e. The fraction of sp³-hybridized carbons (Fsp3) is 0.462. The fourth-order valence-electron chi connectivity index (χ4n) is 5.51. The number of hydrogen-bond donors (Lipinski definition) is 1. The minimum absolute atomic E-state index is 0.000821. The third-order valence-electron chi connectivity index (χ3n) is 7.67. The second kappa shape index (κ2) is 9.57. The normalized spacial score (nSPS) is 21.1. The van der Waals surface area contributed by atoms with Crippen molar-refractivity contribution < 1.29 is 36.2 Å². The zero-order valence-electron chi connectivity index (χ0n) is 20.9. The first kappa shape index (κ1) is 26.5. The molecule has 0 spiro atoms. The summed E-state index contributed by atoms with van der Waals surface area (Å²) < 4.78 is 77.1. The van der Waals surface area contributed by atoms with Gasteiger partial charge in [-0.2, -0.15) is 22.6 Å². The Morgan fingerprint density at radius 3 is 2.37 bits per heavy atom. The van der Waals surface area contributed by atoms with Gasteiger partial charge in [-0.1, -0.05) is 19.4 Å². The molecule has 0 unspecified atom stereocenters. The van der Waals surface area contributed by atoms with Crippen molar-refractivity contribution in [2.24, 2.45) is 5.92 Å². The van der Waals surface area contributed by atoms with Gasteiger partial charge >= 0.3 is 12.1 Å². The molecule has 0 bridgehead atoms. The molecule has 2 aromatic carbocycles. The van der Waals surface area contributed by atoms with Crippen LogP contribution in [0.15, 0.2) is 41.3 Å². The Morgan fingerprint density at radius 2 is 1.82 bits per heavy atom. The molecule has 2 heterocycles. The van der Waals surface area contributed by atoms with E-state index < -0.39 is 40.2 Å².